The molecule has 0 unspecified atom stereocenters. The molecule has 2 aromatic carbocycles. The fourth-order valence-corrected chi connectivity index (χ4v) is 15.4. The summed E-state index contributed by atoms with van der Waals surface area (Å²) in [5, 5.41) is 115. The van der Waals surface area contributed by atoms with Crippen molar-refractivity contribution in [2.24, 2.45) is 38.8 Å². The number of likely N-dealkylation sites (N-methyl/N-ethyl adjacent to an activating group) is 1. The average molecular weight is 1860 g/mol. The van der Waals surface area contributed by atoms with E-state index in [2.05, 4.69) is 96.3 Å². The van der Waals surface area contributed by atoms with E-state index < -0.39 is 183 Å². The number of benzene rings is 2. The highest BCUT2D eigenvalue weighted by molar-refractivity contribution is 5.96. The number of nitrogens with one attached hydrogen (secondary N) is 15. The van der Waals surface area contributed by atoms with Gasteiger partial charge in [-0.2, -0.15) is 0 Å². The van der Waals surface area contributed by atoms with Crippen molar-refractivity contribution >= 4 is 94.1 Å². The zero-order valence-electron chi connectivity index (χ0n) is 76.9. The Balaban J connectivity index is 0.000000470. The van der Waals surface area contributed by atoms with E-state index in [4.69, 9.17) is 32.4 Å². The lowest BCUT2D eigenvalue weighted by Crippen LogP contribution is -2.63. The summed E-state index contributed by atoms with van der Waals surface area (Å²) in [6, 6.07) is 4.47. The van der Waals surface area contributed by atoms with Crippen molar-refractivity contribution in [2.45, 2.75) is 298 Å². The maximum atomic E-state index is 14.4. The summed E-state index contributed by atoms with van der Waals surface area (Å²) in [6.07, 6.45) is 13.1. The Bertz CT molecular complexity index is 4010. The largest absolute Gasteiger partial charge is 0.394 e. The molecule has 43 heteroatoms. The number of ether oxygens (including phenoxy) is 2. The second-order valence-electron chi connectivity index (χ2n) is 33.8. The summed E-state index contributed by atoms with van der Waals surface area (Å²) in [6.45, 7) is 4.64. The van der Waals surface area contributed by atoms with Crippen LogP contribution in [0.1, 0.15) is 199 Å². The number of guanidine groups is 1. The Labute approximate surface area is 772 Å². The standard InChI is InChI=1S/C46H87N11O13.C43H63N11O8/c1-4-6-8-9-10-11-12-13-14-15-16-18-39(61)50-21-22-69-23-24-70-30-41(63)51-27-40(62)53-36(28-58)45(67)55-34(19-20-38(47)60)43(65)56-35(25-32-26-49-31-52-32)44(66)57-37(29-59)46(68)54-33(17-7-5-2)42(64)48-3;1-25-16-17-36(56)47-18-8-7-14-31(37(44)57)50-40(60)34(21-27-23-49-30-13-6-5-12-29(27)30)52-38(58)32(15-9-19-48-43(45)46)51-39(59)33(20-26-10-3-2-4-11-26)53-41(61)35-22-28(55)24-54(35)42(25)62/h31-37,43-44,56-59,65-66H,4-30H2,1-3H3,(H2,47,60)(H,48,64)(H,49,52)(H,50,61)(H,51,63)(H,53,62)(H,54,68)(H,55,67);2-6,10-13,23,25,28,31-35,37,40,49-50,55,57,60H,7-9,14-22,24,44H2,1H3,(H,47,56)(H,51,59)(H,52,58)(H,53,61)(H4,45,46,48)/t32-,33-,34-,35-,36-,37-,43-,44-;25-,28+,31-,32-,33+,34-,35-,37-,40-/m00/s1. The second kappa shape index (κ2) is 63.9. The third-order valence-corrected chi connectivity index (χ3v) is 23.0. The number of rotatable bonds is 53. The van der Waals surface area contributed by atoms with Crippen LogP contribution in [0.5, 0.6) is 0 Å². The number of H-pyrrole nitrogens is 1. The van der Waals surface area contributed by atoms with Gasteiger partial charge in [0.1, 0.15) is 67.8 Å². The van der Waals surface area contributed by atoms with Crippen molar-refractivity contribution in [3.05, 3.63) is 71.9 Å². The minimum atomic E-state index is -1.71. The molecule has 12 amide bonds. The number of aromatic amines is 1. The van der Waals surface area contributed by atoms with E-state index in [9.17, 15) is 93.3 Å². The maximum absolute atomic E-state index is 14.4. The lowest BCUT2D eigenvalue weighted by atomic mass is 10.0. The van der Waals surface area contributed by atoms with Crippen molar-refractivity contribution in [1.82, 2.24) is 84.3 Å². The van der Waals surface area contributed by atoms with Gasteiger partial charge < -0.3 is 137 Å². The molecule has 3 aliphatic heterocycles. The van der Waals surface area contributed by atoms with Gasteiger partial charge in [-0.05, 0) is 87.8 Å². The average Bonchev–Trinajstić information content (AvgIpc) is 1.65. The molecule has 6 rings (SSSR count). The molecular formula is C89H150N22O21. The Morgan fingerprint density at radius 3 is 1.98 bits per heavy atom. The molecule has 132 heavy (non-hydrogen) atoms. The molecule has 0 bridgehead atoms. The van der Waals surface area contributed by atoms with Gasteiger partial charge in [0.05, 0.1) is 76.7 Å². The lowest BCUT2D eigenvalue weighted by molar-refractivity contribution is -0.142. The maximum Gasteiger partial charge on any atom is 0.246 e. The molecule has 30 N–H and O–H groups in total. The molecule has 0 spiro atoms. The number of primary amides is 1. The number of aliphatic hydroxyl groups excluding tert-OH is 7. The molecular weight excluding hydrogens is 1710 g/mol. The van der Waals surface area contributed by atoms with E-state index in [0.29, 0.717) is 63.7 Å². The minimum Gasteiger partial charge on any atom is -0.394 e. The van der Waals surface area contributed by atoms with E-state index in [1.165, 1.54) is 69.7 Å². The zero-order valence-corrected chi connectivity index (χ0v) is 76.9. The minimum absolute atomic E-state index is 0.0180. The third-order valence-electron chi connectivity index (χ3n) is 23.0. The summed E-state index contributed by atoms with van der Waals surface area (Å²) in [5.74, 6) is -7.96. The molecule has 3 aromatic rings. The Kier molecular flexibility index (Phi) is 54.4. The predicted molar refractivity (Wildman–Crippen MR) is 494 cm³/mol. The first-order valence-corrected chi connectivity index (χ1v) is 46.5. The smallest absolute Gasteiger partial charge is 0.246 e. The fraction of sp³-hybridized carbons (Fsp3) is 0.685. The quantitative estimate of drug-likeness (QED) is 0.0112. The van der Waals surface area contributed by atoms with Crippen LogP contribution in [0.15, 0.2) is 70.8 Å². The number of para-hydroxylation sites is 1. The molecule has 2 saturated heterocycles. The van der Waals surface area contributed by atoms with Gasteiger partial charge in [0.2, 0.25) is 70.9 Å². The molecule has 742 valence electrons. The first-order chi connectivity index (χ1) is 63.4. The monoisotopic (exact) mass is 1860 g/mol. The first kappa shape index (κ1) is 112. The zero-order chi connectivity index (χ0) is 96.7. The molecule has 1 aromatic heterocycles. The van der Waals surface area contributed by atoms with Crippen LogP contribution in [0.4, 0.5) is 0 Å². The summed E-state index contributed by atoms with van der Waals surface area (Å²) < 4.78 is 10.7. The van der Waals surface area contributed by atoms with E-state index >= 15 is 0 Å². The van der Waals surface area contributed by atoms with Crippen LogP contribution < -0.4 is 97.4 Å². The van der Waals surface area contributed by atoms with Crippen LogP contribution in [0.2, 0.25) is 0 Å². The number of amides is 12. The molecule has 17 atom stereocenters. The van der Waals surface area contributed by atoms with Crippen LogP contribution in [-0.2, 0) is 79.8 Å². The fourth-order valence-electron chi connectivity index (χ4n) is 15.4. The number of nitrogens with zero attached hydrogens (tertiary/aromatic N) is 3. The topological polar surface area (TPSA) is 681 Å². The molecule has 3 aliphatic rings. The second-order valence-corrected chi connectivity index (χ2v) is 33.8. The molecule has 0 aliphatic carbocycles. The highest BCUT2D eigenvalue weighted by Gasteiger charge is 2.43. The van der Waals surface area contributed by atoms with Crippen LogP contribution in [0.25, 0.3) is 10.9 Å². The van der Waals surface area contributed by atoms with Gasteiger partial charge in [-0.25, -0.2) is 0 Å². The Hall–Kier alpha value is -10.2. The summed E-state index contributed by atoms with van der Waals surface area (Å²) in [5.41, 5.74) is 24.8. The van der Waals surface area contributed by atoms with Crippen LogP contribution in [0, 0.1) is 5.92 Å². The number of carbonyl (C=O) groups excluding carboxylic acids is 12. The van der Waals surface area contributed by atoms with Crippen LogP contribution in [0.3, 0.4) is 0 Å². The highest BCUT2D eigenvalue weighted by atomic mass is 16.5. The molecule has 4 heterocycles. The van der Waals surface area contributed by atoms with E-state index in [0.717, 1.165) is 42.1 Å². The van der Waals surface area contributed by atoms with Crippen molar-refractivity contribution in [3.63, 3.8) is 0 Å². The third kappa shape index (κ3) is 43.7. The first-order valence-electron chi connectivity index (χ1n) is 46.5. The Morgan fingerprint density at radius 1 is 0.659 bits per heavy atom. The predicted octanol–water partition coefficient (Wildman–Crippen LogP) is -3.77. The van der Waals surface area contributed by atoms with Gasteiger partial charge in [-0.15, -0.1) is 0 Å². The van der Waals surface area contributed by atoms with Crippen molar-refractivity contribution < 1.29 is 103 Å². The van der Waals surface area contributed by atoms with Crippen LogP contribution >= 0.6 is 0 Å². The number of hydrogen-bond donors (Lipinski definition) is 26. The van der Waals surface area contributed by atoms with Crippen molar-refractivity contribution in [2.75, 3.05) is 86.0 Å². The number of unbranched alkanes of at least 4 members (excludes halogenated alkanes) is 11. The van der Waals surface area contributed by atoms with Gasteiger partial charge in [-0.1, -0.05) is 146 Å². The number of nitrogens with two attached hydrogens (primary N) is 4. The number of carbonyl (C=O) groups is 12. The number of hydrogen-bond acceptors (Lipinski definition) is 28. The van der Waals surface area contributed by atoms with E-state index in [1.807, 2.05) is 31.2 Å². The van der Waals surface area contributed by atoms with Gasteiger partial charge >= 0.3 is 0 Å². The summed E-state index contributed by atoms with van der Waals surface area (Å²) in [7, 11) is 1.42. The number of fused-ring (bicyclic) bond motifs is 2. The molecule has 0 radical (unpaired) electrons. The SMILES string of the molecule is CCCCCCCCCCCCCC(=O)NCCOCCOCC(=O)NCC(=O)N[C@@H](CO)C(=O)N[C@@H](CCC(N)=O)[C@H](O)N[C@@H](C[C@H]1CN=CN1)[C@H](O)N[C@@H](CO)C(=O)N[C@@H](CCCC)C(=O)NC.C[C@H]1CCC(=O)NCCCC[C@@H]([C@@H](N)O)N[C@@H](O)[C@H](Cc2c[nH]c3ccccc23)NC(=O)[C@H](CCCN=C(N)N)NC(=O)[C@@H](Cc2ccccc2)NC(=O)[C@@H]2C[C@@H](O)CN2C1=O. The number of aliphatic imine (C=N–C) groups is 2. The van der Waals surface area contributed by atoms with Gasteiger partial charge in [0.25, 0.3) is 0 Å². The van der Waals surface area contributed by atoms with Crippen molar-refractivity contribution in [1.29, 1.82) is 0 Å². The van der Waals surface area contributed by atoms with Gasteiger partial charge in [0, 0.05) is 100 Å². The summed E-state index contributed by atoms with van der Waals surface area (Å²) in [4.78, 5) is 170. The van der Waals surface area contributed by atoms with Crippen molar-refractivity contribution in [3.8, 4) is 0 Å². The lowest BCUT2D eigenvalue weighted by Gasteiger charge is -2.34. The number of aliphatic hydroxyl groups is 7. The molecule has 0 saturated carbocycles. The molecule has 43 nitrogen and oxygen atoms in total. The van der Waals surface area contributed by atoms with Gasteiger partial charge in [-0.3, -0.25) is 83.5 Å². The normalized spacial score (nSPS) is 21.3. The molecule has 2 fully saturated rings. The summed E-state index contributed by atoms with van der Waals surface area (Å²) >= 11 is 0. The highest BCUT2D eigenvalue weighted by Crippen LogP contribution is 2.25. The van der Waals surface area contributed by atoms with Gasteiger partial charge in [0.15, 0.2) is 5.96 Å². The van der Waals surface area contributed by atoms with Crippen LogP contribution in [-0.4, -0.2) is 312 Å². The Morgan fingerprint density at radius 2 is 1.32 bits per heavy atom. The van der Waals surface area contributed by atoms with E-state index in [1.54, 1.807) is 43.5 Å². The number of aromatic nitrogens is 1. The van der Waals surface area contributed by atoms with E-state index in [-0.39, 0.29) is 121 Å².